The van der Waals surface area contributed by atoms with Crippen LogP contribution in [0.5, 0.6) is 0 Å². The van der Waals surface area contributed by atoms with Crippen molar-refractivity contribution in [3.8, 4) is 0 Å². The molecule has 0 aliphatic rings. The second kappa shape index (κ2) is 25.0. The molecule has 0 saturated carbocycles. The maximum atomic E-state index is 3.57. The van der Waals surface area contributed by atoms with Crippen molar-refractivity contribution in [2.45, 2.75) is 128 Å². The van der Waals surface area contributed by atoms with Crippen LogP contribution in [0, 0.1) is 0 Å². The Bertz CT molecular complexity index is 465. The Morgan fingerprint density at radius 2 is 0.844 bits per heavy atom. The Morgan fingerprint density at radius 3 is 1.31 bits per heavy atom. The zero-order valence-corrected chi connectivity index (χ0v) is 23.7. The van der Waals surface area contributed by atoms with Gasteiger partial charge in [-0.3, -0.25) is 0 Å². The topological polar surface area (TPSA) is 24.1 Å². The van der Waals surface area contributed by atoms with Gasteiger partial charge in [-0.05, 0) is 18.5 Å². The Kier molecular flexibility index (Phi) is 22.9. The van der Waals surface area contributed by atoms with Gasteiger partial charge < -0.3 is 10.6 Å². The van der Waals surface area contributed by atoms with Crippen LogP contribution in [0.3, 0.4) is 0 Å². The maximum absolute atomic E-state index is 3.57. The molecule has 2 N–H and O–H groups in total. The van der Waals surface area contributed by atoms with Crippen molar-refractivity contribution in [3.63, 3.8) is 0 Å². The zero-order chi connectivity index (χ0) is 22.8. The predicted octanol–water partition coefficient (Wildman–Crippen LogP) is 7.17. The minimum Gasteiger partial charge on any atom is -0.315 e. The summed E-state index contributed by atoms with van der Waals surface area (Å²) in [5.41, 5.74) is 1.37. The van der Waals surface area contributed by atoms with Crippen molar-refractivity contribution in [2.75, 3.05) is 19.6 Å². The molecule has 0 aromatic heterocycles. The SMILES string of the molecule is [SiH3]CCCCCCCCCCCCCCCCCCCCNCCNCc1ccccc1. The van der Waals surface area contributed by atoms with Crippen molar-refractivity contribution >= 4 is 10.2 Å². The highest BCUT2D eigenvalue weighted by Gasteiger charge is 1.96. The summed E-state index contributed by atoms with van der Waals surface area (Å²) in [5, 5.41) is 7.07. The van der Waals surface area contributed by atoms with Gasteiger partial charge >= 0.3 is 0 Å². The number of hydrogen-bond acceptors (Lipinski definition) is 2. The average molecular weight is 461 g/mol. The van der Waals surface area contributed by atoms with Crippen LogP contribution in [0.2, 0.25) is 6.04 Å². The molecule has 1 aromatic carbocycles. The van der Waals surface area contributed by atoms with Gasteiger partial charge in [-0.15, -0.1) is 0 Å². The van der Waals surface area contributed by atoms with Gasteiger partial charge in [-0.25, -0.2) is 0 Å². The van der Waals surface area contributed by atoms with Crippen LogP contribution in [0.1, 0.15) is 121 Å². The van der Waals surface area contributed by atoms with E-state index in [0.29, 0.717) is 0 Å². The van der Waals surface area contributed by atoms with Gasteiger partial charge in [0, 0.05) is 29.9 Å². The molecule has 0 atom stereocenters. The third kappa shape index (κ3) is 21.2. The second-order valence-corrected chi connectivity index (χ2v) is 10.8. The Morgan fingerprint density at radius 1 is 0.438 bits per heavy atom. The number of unbranched alkanes of at least 4 members (excludes halogenated alkanes) is 17. The van der Waals surface area contributed by atoms with Gasteiger partial charge in [0.2, 0.25) is 0 Å². The molecule has 0 spiro atoms. The van der Waals surface area contributed by atoms with Crippen LogP contribution in [0.4, 0.5) is 0 Å². The first kappa shape index (κ1) is 29.4. The van der Waals surface area contributed by atoms with E-state index in [1.54, 1.807) is 0 Å². The lowest BCUT2D eigenvalue weighted by molar-refractivity contribution is 0.520. The van der Waals surface area contributed by atoms with Crippen molar-refractivity contribution < 1.29 is 0 Å². The fraction of sp³-hybridized carbons (Fsp3) is 0.793. The molecule has 0 fully saturated rings. The standard InChI is InChI=1S/C29H56N2Si/c32-27-21-16-14-12-10-8-6-4-2-1-3-5-7-9-11-13-15-20-24-30-25-26-31-28-29-22-18-17-19-23-29/h17-19,22-23,30-31H,1-16,20-21,24-28H2,32H3. The normalized spacial score (nSPS) is 11.4. The van der Waals surface area contributed by atoms with Gasteiger partial charge in [-0.2, -0.15) is 0 Å². The molecule has 0 aliphatic heterocycles. The van der Waals surface area contributed by atoms with Gasteiger partial charge in [-0.1, -0.05) is 146 Å². The predicted molar refractivity (Wildman–Crippen MR) is 149 cm³/mol. The first-order chi connectivity index (χ1) is 15.9. The first-order valence-electron chi connectivity index (χ1n) is 14.4. The highest BCUT2D eigenvalue weighted by molar-refractivity contribution is 6.08. The zero-order valence-electron chi connectivity index (χ0n) is 21.7. The molecule has 32 heavy (non-hydrogen) atoms. The summed E-state index contributed by atoms with van der Waals surface area (Å²) in [6, 6.07) is 12.2. The number of hydrogen-bond donors (Lipinski definition) is 2. The third-order valence-corrected chi connectivity index (χ3v) is 7.31. The Hall–Kier alpha value is -0.643. The summed E-state index contributed by atoms with van der Waals surface area (Å²) < 4.78 is 0. The largest absolute Gasteiger partial charge is 0.315 e. The highest BCUT2D eigenvalue weighted by Crippen LogP contribution is 2.14. The van der Waals surface area contributed by atoms with Gasteiger partial charge in [0.25, 0.3) is 0 Å². The smallest absolute Gasteiger partial charge is 0.0206 e. The van der Waals surface area contributed by atoms with Crippen LogP contribution in [-0.2, 0) is 6.54 Å². The lowest BCUT2D eigenvalue weighted by Crippen LogP contribution is -2.27. The molecule has 2 nitrogen and oxygen atoms in total. The molecule has 0 amide bonds. The van der Waals surface area contributed by atoms with E-state index in [-0.39, 0.29) is 0 Å². The second-order valence-electron chi connectivity index (χ2n) is 9.78. The average Bonchev–Trinajstić information content (AvgIpc) is 2.82. The van der Waals surface area contributed by atoms with E-state index in [1.165, 1.54) is 144 Å². The molecule has 0 saturated heterocycles. The fourth-order valence-corrected chi connectivity index (χ4v) is 4.96. The minimum absolute atomic E-state index is 0.975. The maximum Gasteiger partial charge on any atom is 0.0206 e. The Balaban J connectivity index is 1.64. The highest BCUT2D eigenvalue weighted by atomic mass is 28.1. The van der Waals surface area contributed by atoms with E-state index in [0.717, 1.165) is 19.6 Å². The van der Waals surface area contributed by atoms with Gasteiger partial charge in [0.05, 0.1) is 0 Å². The molecule has 1 rings (SSSR count). The molecule has 0 heterocycles. The summed E-state index contributed by atoms with van der Waals surface area (Å²) in [6.45, 7) is 4.28. The summed E-state index contributed by atoms with van der Waals surface area (Å²) in [7, 11) is 1.40. The van der Waals surface area contributed by atoms with E-state index in [9.17, 15) is 0 Å². The summed E-state index contributed by atoms with van der Waals surface area (Å²) in [4.78, 5) is 0. The molecule has 0 aliphatic carbocycles. The molecule has 3 heteroatoms. The third-order valence-electron chi connectivity index (χ3n) is 6.61. The monoisotopic (exact) mass is 460 g/mol. The molecule has 1 aromatic rings. The Labute approximate surface area is 204 Å². The van der Waals surface area contributed by atoms with E-state index >= 15 is 0 Å². The molecule has 0 bridgehead atoms. The van der Waals surface area contributed by atoms with Crippen molar-refractivity contribution in [1.29, 1.82) is 0 Å². The lowest BCUT2D eigenvalue weighted by atomic mass is 10.0. The van der Waals surface area contributed by atoms with Crippen molar-refractivity contribution in [3.05, 3.63) is 35.9 Å². The molecule has 0 radical (unpaired) electrons. The summed E-state index contributed by atoms with van der Waals surface area (Å²) >= 11 is 0. The lowest BCUT2D eigenvalue weighted by Gasteiger charge is -2.07. The van der Waals surface area contributed by atoms with Crippen molar-refractivity contribution in [2.24, 2.45) is 0 Å². The van der Waals surface area contributed by atoms with Crippen LogP contribution >= 0.6 is 0 Å². The van der Waals surface area contributed by atoms with Crippen LogP contribution in [0.15, 0.2) is 30.3 Å². The quantitative estimate of drug-likeness (QED) is 0.119. The van der Waals surface area contributed by atoms with Crippen LogP contribution < -0.4 is 10.6 Å². The minimum atomic E-state index is 0.975. The fourth-order valence-electron chi connectivity index (χ4n) is 4.46. The van der Waals surface area contributed by atoms with Crippen LogP contribution in [-0.4, -0.2) is 29.9 Å². The van der Waals surface area contributed by atoms with Gasteiger partial charge in [0.15, 0.2) is 0 Å². The molecular formula is C29H56N2Si. The summed E-state index contributed by atoms with van der Waals surface area (Å²) in [6.07, 6.45) is 26.3. The van der Waals surface area contributed by atoms with Crippen molar-refractivity contribution in [1.82, 2.24) is 10.6 Å². The number of rotatable bonds is 25. The molecular weight excluding hydrogens is 404 g/mol. The van der Waals surface area contributed by atoms with Crippen LogP contribution in [0.25, 0.3) is 0 Å². The van der Waals surface area contributed by atoms with E-state index in [1.807, 2.05) is 0 Å². The number of benzene rings is 1. The molecule has 0 unspecified atom stereocenters. The van der Waals surface area contributed by atoms with E-state index in [2.05, 4.69) is 41.0 Å². The van der Waals surface area contributed by atoms with E-state index in [4.69, 9.17) is 0 Å². The first-order valence-corrected chi connectivity index (χ1v) is 15.8. The number of nitrogens with one attached hydrogen (secondary N) is 2. The molecule has 186 valence electrons. The summed E-state index contributed by atoms with van der Waals surface area (Å²) in [5.74, 6) is 0. The van der Waals surface area contributed by atoms with E-state index < -0.39 is 0 Å². The van der Waals surface area contributed by atoms with Gasteiger partial charge in [0.1, 0.15) is 0 Å².